The average molecular weight is 290 g/mol. The smallest absolute Gasteiger partial charge is 0.265 e. The van der Waals surface area contributed by atoms with Gasteiger partial charge in [0.15, 0.2) is 0 Å². The number of hydrogen-bond donors (Lipinski definition) is 0. The standard InChI is InChI=1S/C15H18N2O2S/c1-12(2)13-6-4-7-14(10-13)17(3)20(18,19)15-8-5-9-16-11-15/h4-12H,1-3H3. The molecule has 0 radical (unpaired) electrons. The van der Waals surface area contributed by atoms with Crippen LogP contribution in [0.4, 0.5) is 5.69 Å². The van der Waals surface area contributed by atoms with Crippen molar-refractivity contribution < 1.29 is 8.42 Å². The van der Waals surface area contributed by atoms with Gasteiger partial charge in [0.2, 0.25) is 0 Å². The van der Waals surface area contributed by atoms with E-state index in [0.717, 1.165) is 5.56 Å². The fraction of sp³-hybridized carbons (Fsp3) is 0.267. The Morgan fingerprint density at radius 1 is 1.15 bits per heavy atom. The Hall–Kier alpha value is -1.88. The molecular weight excluding hydrogens is 272 g/mol. The van der Waals surface area contributed by atoms with Crippen LogP contribution in [-0.2, 0) is 10.0 Å². The molecule has 0 aliphatic carbocycles. The molecule has 1 aromatic carbocycles. The zero-order chi connectivity index (χ0) is 14.8. The third kappa shape index (κ3) is 2.82. The second-order valence-corrected chi connectivity index (χ2v) is 6.88. The van der Waals surface area contributed by atoms with Gasteiger partial charge in [0.25, 0.3) is 10.0 Å². The van der Waals surface area contributed by atoms with Crippen LogP contribution in [0.15, 0.2) is 53.7 Å². The maximum absolute atomic E-state index is 12.5. The highest BCUT2D eigenvalue weighted by molar-refractivity contribution is 7.92. The summed E-state index contributed by atoms with van der Waals surface area (Å²) in [5.41, 5.74) is 1.76. The van der Waals surface area contributed by atoms with Crippen LogP contribution in [-0.4, -0.2) is 20.4 Å². The molecule has 0 aliphatic heterocycles. The second kappa shape index (κ2) is 5.63. The van der Waals surface area contributed by atoms with Crippen molar-refractivity contribution in [2.45, 2.75) is 24.7 Å². The minimum atomic E-state index is -3.56. The lowest BCUT2D eigenvalue weighted by Crippen LogP contribution is -2.26. The minimum absolute atomic E-state index is 0.192. The molecule has 0 saturated heterocycles. The molecule has 0 fully saturated rings. The lowest BCUT2D eigenvalue weighted by Gasteiger charge is -2.20. The Balaban J connectivity index is 2.41. The number of anilines is 1. The highest BCUT2D eigenvalue weighted by Crippen LogP contribution is 2.25. The number of pyridine rings is 1. The summed E-state index contributed by atoms with van der Waals surface area (Å²) in [5.74, 6) is 0.351. The summed E-state index contributed by atoms with van der Waals surface area (Å²) in [7, 11) is -2.01. The molecule has 4 nitrogen and oxygen atoms in total. The van der Waals surface area contributed by atoms with Crippen molar-refractivity contribution in [2.24, 2.45) is 0 Å². The number of hydrogen-bond acceptors (Lipinski definition) is 3. The van der Waals surface area contributed by atoms with Crippen LogP contribution >= 0.6 is 0 Å². The number of sulfonamides is 1. The summed E-state index contributed by atoms with van der Waals surface area (Å²) >= 11 is 0. The number of aromatic nitrogens is 1. The van der Waals surface area contributed by atoms with E-state index in [9.17, 15) is 8.42 Å². The topological polar surface area (TPSA) is 50.3 Å². The number of rotatable bonds is 4. The molecule has 106 valence electrons. The Morgan fingerprint density at radius 2 is 1.90 bits per heavy atom. The van der Waals surface area contributed by atoms with Gasteiger partial charge in [-0.25, -0.2) is 8.42 Å². The second-order valence-electron chi connectivity index (χ2n) is 4.91. The first-order valence-electron chi connectivity index (χ1n) is 6.42. The lowest BCUT2D eigenvalue weighted by molar-refractivity contribution is 0.594. The van der Waals surface area contributed by atoms with Gasteiger partial charge in [-0.15, -0.1) is 0 Å². The molecule has 0 saturated carbocycles. The quantitative estimate of drug-likeness (QED) is 0.869. The van der Waals surface area contributed by atoms with Gasteiger partial charge in [-0.05, 0) is 35.7 Å². The molecule has 5 heteroatoms. The van der Waals surface area contributed by atoms with Crippen molar-refractivity contribution in [1.29, 1.82) is 0 Å². The number of benzene rings is 1. The maximum atomic E-state index is 12.5. The Labute approximate surface area is 120 Å². The molecule has 0 unspecified atom stereocenters. The van der Waals surface area contributed by atoms with E-state index < -0.39 is 10.0 Å². The van der Waals surface area contributed by atoms with E-state index in [-0.39, 0.29) is 4.90 Å². The van der Waals surface area contributed by atoms with Gasteiger partial charge in [0.05, 0.1) is 5.69 Å². The summed E-state index contributed by atoms with van der Waals surface area (Å²) in [6.45, 7) is 4.16. The third-order valence-electron chi connectivity index (χ3n) is 3.19. The molecule has 0 spiro atoms. The molecule has 2 rings (SSSR count). The van der Waals surface area contributed by atoms with E-state index in [0.29, 0.717) is 11.6 Å². The Morgan fingerprint density at radius 3 is 2.50 bits per heavy atom. The summed E-state index contributed by atoms with van der Waals surface area (Å²) in [5, 5.41) is 0. The molecule has 0 amide bonds. The van der Waals surface area contributed by atoms with E-state index in [4.69, 9.17) is 0 Å². The first-order valence-corrected chi connectivity index (χ1v) is 7.86. The van der Waals surface area contributed by atoms with Gasteiger partial charge >= 0.3 is 0 Å². The van der Waals surface area contributed by atoms with Crippen molar-refractivity contribution in [2.75, 3.05) is 11.4 Å². The molecule has 20 heavy (non-hydrogen) atoms. The molecule has 0 bridgehead atoms. The van der Waals surface area contributed by atoms with Gasteiger partial charge in [0, 0.05) is 19.4 Å². The zero-order valence-electron chi connectivity index (χ0n) is 11.8. The van der Waals surface area contributed by atoms with Gasteiger partial charge in [0.1, 0.15) is 4.90 Å². The molecule has 0 atom stereocenters. The van der Waals surface area contributed by atoms with Crippen LogP contribution in [0.1, 0.15) is 25.3 Å². The predicted molar refractivity (Wildman–Crippen MR) is 80.4 cm³/mol. The summed E-state index contributed by atoms with van der Waals surface area (Å²) in [6.07, 6.45) is 2.91. The van der Waals surface area contributed by atoms with Gasteiger partial charge in [-0.3, -0.25) is 9.29 Å². The van der Waals surface area contributed by atoms with Crippen LogP contribution in [0.2, 0.25) is 0 Å². The summed E-state index contributed by atoms with van der Waals surface area (Å²) in [6, 6.07) is 10.7. The summed E-state index contributed by atoms with van der Waals surface area (Å²) < 4.78 is 26.3. The lowest BCUT2D eigenvalue weighted by atomic mass is 10.0. The SMILES string of the molecule is CC(C)c1cccc(N(C)S(=O)(=O)c2cccnc2)c1. The van der Waals surface area contributed by atoms with E-state index in [1.54, 1.807) is 31.4 Å². The van der Waals surface area contributed by atoms with Crippen molar-refractivity contribution >= 4 is 15.7 Å². The van der Waals surface area contributed by atoms with Gasteiger partial charge in [-0.2, -0.15) is 0 Å². The average Bonchev–Trinajstić information content (AvgIpc) is 2.47. The highest BCUT2D eigenvalue weighted by Gasteiger charge is 2.21. The van der Waals surface area contributed by atoms with Crippen molar-refractivity contribution in [1.82, 2.24) is 4.98 Å². The molecule has 0 N–H and O–H groups in total. The zero-order valence-corrected chi connectivity index (χ0v) is 12.6. The largest absolute Gasteiger partial charge is 0.269 e. The Kier molecular flexibility index (Phi) is 4.09. The highest BCUT2D eigenvalue weighted by atomic mass is 32.2. The van der Waals surface area contributed by atoms with Crippen LogP contribution in [0.3, 0.4) is 0 Å². The maximum Gasteiger partial charge on any atom is 0.265 e. The van der Waals surface area contributed by atoms with Crippen molar-refractivity contribution in [3.05, 3.63) is 54.4 Å². The van der Waals surface area contributed by atoms with Gasteiger partial charge in [-0.1, -0.05) is 26.0 Å². The van der Waals surface area contributed by atoms with Crippen LogP contribution in [0.5, 0.6) is 0 Å². The monoisotopic (exact) mass is 290 g/mol. The minimum Gasteiger partial charge on any atom is -0.269 e. The van der Waals surface area contributed by atoms with Gasteiger partial charge < -0.3 is 0 Å². The molecule has 0 aliphatic rings. The van der Waals surface area contributed by atoms with Crippen molar-refractivity contribution in [3.63, 3.8) is 0 Å². The van der Waals surface area contributed by atoms with E-state index in [1.165, 1.54) is 10.5 Å². The fourth-order valence-electron chi connectivity index (χ4n) is 1.88. The van der Waals surface area contributed by atoms with E-state index in [1.807, 2.05) is 18.2 Å². The first-order chi connectivity index (χ1) is 9.43. The van der Waals surface area contributed by atoms with E-state index >= 15 is 0 Å². The predicted octanol–water partition coefficient (Wildman–Crippen LogP) is 3.03. The third-order valence-corrected chi connectivity index (χ3v) is 4.96. The van der Waals surface area contributed by atoms with Crippen LogP contribution in [0, 0.1) is 0 Å². The molecule has 2 aromatic rings. The van der Waals surface area contributed by atoms with Crippen molar-refractivity contribution in [3.8, 4) is 0 Å². The van der Waals surface area contributed by atoms with Crippen LogP contribution < -0.4 is 4.31 Å². The number of nitrogens with zero attached hydrogens (tertiary/aromatic N) is 2. The molecule has 1 heterocycles. The Bertz CT molecular complexity index is 682. The first kappa shape index (κ1) is 14.5. The molecular formula is C15H18N2O2S. The molecule has 1 aromatic heterocycles. The fourth-order valence-corrected chi connectivity index (χ4v) is 3.03. The van der Waals surface area contributed by atoms with E-state index in [2.05, 4.69) is 18.8 Å². The normalized spacial score (nSPS) is 11.6. The summed E-state index contributed by atoms with van der Waals surface area (Å²) in [4.78, 5) is 4.06. The van der Waals surface area contributed by atoms with Crippen LogP contribution in [0.25, 0.3) is 0 Å².